The van der Waals surface area contributed by atoms with Gasteiger partial charge in [0.05, 0.1) is 37.3 Å². The minimum Gasteiger partial charge on any atom is -0.442 e. The molecule has 3 aromatic rings. The SMILES string of the molecule is CCOC[C@@H]1CC(c2ccc(-c3ccc(N4C[C@H](Cn5ccnn5)OC4=O)cc3F)cn2)=NO1. The first-order valence-electron chi connectivity index (χ1n) is 11.0. The van der Waals surface area contributed by atoms with Gasteiger partial charge in [0, 0.05) is 36.5 Å². The van der Waals surface area contributed by atoms with Gasteiger partial charge in [-0.1, -0.05) is 16.4 Å². The summed E-state index contributed by atoms with van der Waals surface area (Å²) >= 11 is 0. The largest absolute Gasteiger partial charge is 0.442 e. The van der Waals surface area contributed by atoms with Gasteiger partial charge < -0.3 is 14.3 Å². The Bertz CT molecular complexity index is 1180. The molecule has 2 atom stereocenters. The van der Waals surface area contributed by atoms with Gasteiger partial charge in [-0.25, -0.2) is 13.9 Å². The van der Waals surface area contributed by atoms with Gasteiger partial charge in [0.1, 0.15) is 17.6 Å². The molecule has 0 spiro atoms. The second-order valence-electron chi connectivity index (χ2n) is 7.97. The van der Waals surface area contributed by atoms with Crippen LogP contribution in [0.4, 0.5) is 14.9 Å². The third-order valence-corrected chi connectivity index (χ3v) is 5.61. The van der Waals surface area contributed by atoms with E-state index in [1.807, 2.05) is 6.92 Å². The van der Waals surface area contributed by atoms with Crippen LogP contribution in [0.2, 0.25) is 0 Å². The lowest BCUT2D eigenvalue weighted by atomic mass is 10.0. The Morgan fingerprint density at radius 2 is 2.15 bits per heavy atom. The number of amides is 1. The number of aromatic nitrogens is 4. The number of oxime groups is 1. The fourth-order valence-electron chi connectivity index (χ4n) is 3.91. The normalized spacial score (nSPS) is 19.8. The minimum absolute atomic E-state index is 0.116. The summed E-state index contributed by atoms with van der Waals surface area (Å²) in [5.74, 6) is -0.460. The summed E-state index contributed by atoms with van der Waals surface area (Å²) < 4.78 is 27.3. The third kappa shape index (κ3) is 4.60. The van der Waals surface area contributed by atoms with Crippen LogP contribution >= 0.6 is 0 Å². The van der Waals surface area contributed by atoms with E-state index in [1.54, 1.807) is 47.5 Å². The highest BCUT2D eigenvalue weighted by Crippen LogP contribution is 2.29. The lowest BCUT2D eigenvalue weighted by molar-refractivity contribution is 0.00672. The summed E-state index contributed by atoms with van der Waals surface area (Å²) in [5.41, 5.74) is 2.84. The maximum Gasteiger partial charge on any atom is 0.414 e. The zero-order chi connectivity index (χ0) is 23.5. The molecule has 0 N–H and O–H groups in total. The number of pyridine rings is 1. The molecule has 0 aliphatic carbocycles. The van der Waals surface area contributed by atoms with E-state index in [-0.39, 0.29) is 6.10 Å². The molecule has 0 radical (unpaired) electrons. The molecule has 4 heterocycles. The first-order valence-corrected chi connectivity index (χ1v) is 11.0. The van der Waals surface area contributed by atoms with E-state index in [1.165, 1.54) is 11.0 Å². The van der Waals surface area contributed by atoms with Crippen molar-refractivity contribution in [1.29, 1.82) is 0 Å². The number of halogens is 1. The van der Waals surface area contributed by atoms with E-state index in [2.05, 4.69) is 20.5 Å². The first-order chi connectivity index (χ1) is 16.6. The van der Waals surface area contributed by atoms with Crippen LogP contribution in [0.3, 0.4) is 0 Å². The monoisotopic (exact) mass is 466 g/mol. The zero-order valence-electron chi connectivity index (χ0n) is 18.5. The van der Waals surface area contributed by atoms with E-state index in [0.29, 0.717) is 55.2 Å². The van der Waals surface area contributed by atoms with Crippen molar-refractivity contribution in [3.8, 4) is 11.1 Å². The Balaban J connectivity index is 1.25. The highest BCUT2D eigenvalue weighted by molar-refractivity contribution is 5.99. The molecule has 34 heavy (non-hydrogen) atoms. The smallest absolute Gasteiger partial charge is 0.414 e. The Hall–Kier alpha value is -3.86. The fraction of sp³-hybridized carbons (Fsp3) is 0.348. The summed E-state index contributed by atoms with van der Waals surface area (Å²) in [6.45, 7) is 3.70. The summed E-state index contributed by atoms with van der Waals surface area (Å²) in [5, 5.41) is 11.7. The third-order valence-electron chi connectivity index (χ3n) is 5.61. The number of benzene rings is 1. The van der Waals surface area contributed by atoms with Crippen molar-refractivity contribution in [2.24, 2.45) is 5.16 Å². The van der Waals surface area contributed by atoms with Crippen LogP contribution in [0, 0.1) is 5.82 Å². The van der Waals surface area contributed by atoms with E-state index in [9.17, 15) is 4.79 Å². The van der Waals surface area contributed by atoms with Crippen molar-refractivity contribution in [2.75, 3.05) is 24.7 Å². The standard InChI is InChI=1S/C23H23FN6O4/c1-2-32-14-17-10-22(27-34-17)21-6-3-15(11-25-21)19-5-4-16(9-20(19)24)30-13-18(33-23(30)31)12-29-8-7-26-28-29/h3-9,11,17-18H,2,10,12-14H2,1H3/t17-,18-/m0/s1. The van der Waals surface area contributed by atoms with Crippen LogP contribution in [0.15, 0.2) is 54.1 Å². The Kier molecular flexibility index (Phi) is 6.17. The van der Waals surface area contributed by atoms with E-state index in [0.717, 1.165) is 5.71 Å². The lowest BCUT2D eigenvalue weighted by Gasteiger charge is -2.14. The highest BCUT2D eigenvalue weighted by atomic mass is 19.1. The Morgan fingerprint density at radius 1 is 1.24 bits per heavy atom. The van der Waals surface area contributed by atoms with Crippen molar-refractivity contribution < 1.29 is 23.5 Å². The van der Waals surface area contributed by atoms with Crippen LogP contribution in [0.25, 0.3) is 11.1 Å². The molecule has 2 aliphatic heterocycles. The number of hydrogen-bond donors (Lipinski definition) is 0. The van der Waals surface area contributed by atoms with Crippen LogP contribution in [-0.4, -0.2) is 63.7 Å². The number of cyclic esters (lactones) is 1. The molecule has 0 bridgehead atoms. The minimum atomic E-state index is -0.523. The number of anilines is 1. The number of carbonyl (C=O) groups is 1. The lowest BCUT2D eigenvalue weighted by Crippen LogP contribution is -2.26. The van der Waals surface area contributed by atoms with Gasteiger partial charge in [-0.05, 0) is 31.2 Å². The van der Waals surface area contributed by atoms with Crippen molar-refractivity contribution in [3.63, 3.8) is 0 Å². The number of ether oxygens (including phenoxy) is 2. The van der Waals surface area contributed by atoms with Gasteiger partial charge in [-0.3, -0.25) is 9.88 Å². The molecular formula is C23H23FN6O4. The van der Waals surface area contributed by atoms with Gasteiger partial charge in [0.2, 0.25) is 0 Å². The van der Waals surface area contributed by atoms with Crippen LogP contribution < -0.4 is 4.90 Å². The molecule has 1 saturated heterocycles. The molecule has 0 unspecified atom stereocenters. The first kappa shape index (κ1) is 22.0. The van der Waals surface area contributed by atoms with Gasteiger partial charge in [-0.2, -0.15) is 0 Å². The van der Waals surface area contributed by atoms with Crippen LogP contribution in [0.5, 0.6) is 0 Å². The molecule has 2 aliphatic rings. The van der Waals surface area contributed by atoms with Gasteiger partial charge in [0.25, 0.3) is 0 Å². The second kappa shape index (κ2) is 9.56. The molecule has 1 fully saturated rings. The Labute approximate surface area is 194 Å². The quantitative estimate of drug-likeness (QED) is 0.503. The highest BCUT2D eigenvalue weighted by Gasteiger charge is 2.33. The summed E-state index contributed by atoms with van der Waals surface area (Å²) in [4.78, 5) is 23.5. The zero-order valence-corrected chi connectivity index (χ0v) is 18.5. The molecule has 11 heteroatoms. The predicted molar refractivity (Wildman–Crippen MR) is 120 cm³/mol. The van der Waals surface area contributed by atoms with Gasteiger partial charge in [0.15, 0.2) is 6.10 Å². The molecule has 176 valence electrons. The number of rotatable bonds is 8. The number of nitrogens with zero attached hydrogens (tertiary/aromatic N) is 6. The fourth-order valence-corrected chi connectivity index (χ4v) is 3.91. The maximum absolute atomic E-state index is 15.0. The van der Waals surface area contributed by atoms with Crippen LogP contribution in [0.1, 0.15) is 19.0 Å². The average Bonchev–Trinajstić information content (AvgIpc) is 3.60. The van der Waals surface area contributed by atoms with Gasteiger partial charge >= 0.3 is 6.09 Å². The summed E-state index contributed by atoms with van der Waals surface area (Å²) in [6.07, 6.45) is 4.42. The van der Waals surface area contributed by atoms with Crippen molar-refractivity contribution in [1.82, 2.24) is 20.0 Å². The van der Waals surface area contributed by atoms with Gasteiger partial charge in [-0.15, -0.1) is 5.10 Å². The van der Waals surface area contributed by atoms with E-state index < -0.39 is 18.0 Å². The number of carbonyl (C=O) groups excluding carboxylic acids is 1. The molecule has 1 amide bonds. The molecule has 5 rings (SSSR count). The average molecular weight is 466 g/mol. The molecular weight excluding hydrogens is 443 g/mol. The Morgan fingerprint density at radius 3 is 2.88 bits per heavy atom. The van der Waals surface area contributed by atoms with E-state index in [4.69, 9.17) is 14.3 Å². The van der Waals surface area contributed by atoms with Crippen molar-refractivity contribution >= 4 is 17.5 Å². The predicted octanol–water partition coefficient (Wildman–Crippen LogP) is 3.03. The molecule has 2 aromatic heterocycles. The van der Waals surface area contributed by atoms with E-state index >= 15 is 4.39 Å². The summed E-state index contributed by atoms with van der Waals surface area (Å²) in [6, 6.07) is 8.24. The molecule has 1 aromatic carbocycles. The van der Waals surface area contributed by atoms with Crippen molar-refractivity contribution in [2.45, 2.75) is 32.1 Å². The number of hydrogen-bond acceptors (Lipinski definition) is 8. The van der Waals surface area contributed by atoms with Crippen molar-refractivity contribution in [3.05, 3.63) is 60.4 Å². The molecule has 10 nitrogen and oxygen atoms in total. The topological polar surface area (TPSA) is 104 Å². The van der Waals surface area contributed by atoms with Crippen LogP contribution in [-0.2, 0) is 20.9 Å². The second-order valence-corrected chi connectivity index (χ2v) is 7.97. The molecule has 0 saturated carbocycles. The summed E-state index contributed by atoms with van der Waals surface area (Å²) in [7, 11) is 0. The maximum atomic E-state index is 15.0.